The predicted molar refractivity (Wildman–Crippen MR) is 48.8 cm³/mol. The standard InChI is InChI=1S/C9H18F2N2/c1-6(9(10)11)13-8-4-2-7(12)3-5-8/h6-9,13H,2-5,12H2,1H3/t6?,7-,8-. The summed E-state index contributed by atoms with van der Waals surface area (Å²) in [6, 6.07) is -0.178. The molecule has 0 aromatic carbocycles. The zero-order chi connectivity index (χ0) is 9.84. The molecule has 0 aromatic heterocycles. The Morgan fingerprint density at radius 3 is 2.23 bits per heavy atom. The van der Waals surface area contributed by atoms with Crippen LogP contribution < -0.4 is 11.1 Å². The molecule has 0 aromatic rings. The van der Waals surface area contributed by atoms with Crippen LogP contribution >= 0.6 is 0 Å². The highest BCUT2D eigenvalue weighted by Gasteiger charge is 2.22. The third-order valence-electron chi connectivity index (χ3n) is 2.65. The van der Waals surface area contributed by atoms with E-state index in [-0.39, 0.29) is 12.1 Å². The van der Waals surface area contributed by atoms with E-state index in [9.17, 15) is 8.78 Å². The normalized spacial score (nSPS) is 32.1. The Morgan fingerprint density at radius 2 is 1.77 bits per heavy atom. The lowest BCUT2D eigenvalue weighted by Crippen LogP contribution is -2.44. The average molecular weight is 192 g/mol. The first-order valence-electron chi connectivity index (χ1n) is 4.89. The van der Waals surface area contributed by atoms with Crippen LogP contribution in [-0.2, 0) is 0 Å². The monoisotopic (exact) mass is 192 g/mol. The van der Waals surface area contributed by atoms with Gasteiger partial charge >= 0.3 is 0 Å². The molecule has 0 spiro atoms. The van der Waals surface area contributed by atoms with E-state index in [0.29, 0.717) is 0 Å². The Labute approximate surface area is 77.9 Å². The van der Waals surface area contributed by atoms with Crippen molar-refractivity contribution in [1.29, 1.82) is 0 Å². The van der Waals surface area contributed by atoms with Crippen molar-refractivity contribution in [3.63, 3.8) is 0 Å². The molecule has 0 heterocycles. The summed E-state index contributed by atoms with van der Waals surface area (Å²) in [4.78, 5) is 0. The molecule has 1 saturated carbocycles. The van der Waals surface area contributed by atoms with E-state index in [1.54, 1.807) is 0 Å². The van der Waals surface area contributed by atoms with Gasteiger partial charge in [-0.05, 0) is 32.6 Å². The molecule has 1 unspecified atom stereocenters. The molecule has 4 heteroatoms. The van der Waals surface area contributed by atoms with Gasteiger partial charge in [0.05, 0.1) is 6.04 Å². The zero-order valence-corrected chi connectivity index (χ0v) is 7.97. The van der Waals surface area contributed by atoms with Crippen LogP contribution in [0.25, 0.3) is 0 Å². The van der Waals surface area contributed by atoms with Gasteiger partial charge < -0.3 is 11.1 Å². The van der Waals surface area contributed by atoms with Crippen molar-refractivity contribution >= 4 is 0 Å². The van der Waals surface area contributed by atoms with Gasteiger partial charge in [0.15, 0.2) is 0 Å². The van der Waals surface area contributed by atoms with E-state index in [2.05, 4.69) is 5.32 Å². The molecule has 13 heavy (non-hydrogen) atoms. The molecule has 78 valence electrons. The summed E-state index contributed by atoms with van der Waals surface area (Å²) in [5.74, 6) is 0. The van der Waals surface area contributed by atoms with E-state index in [1.807, 2.05) is 0 Å². The summed E-state index contributed by atoms with van der Waals surface area (Å²) in [6.45, 7) is 1.53. The van der Waals surface area contributed by atoms with Crippen LogP contribution in [0, 0.1) is 0 Å². The van der Waals surface area contributed by atoms with Crippen molar-refractivity contribution in [3.05, 3.63) is 0 Å². The molecule has 0 aliphatic heterocycles. The molecule has 0 amide bonds. The van der Waals surface area contributed by atoms with Gasteiger partial charge in [0.25, 0.3) is 6.43 Å². The van der Waals surface area contributed by atoms with Gasteiger partial charge in [-0.1, -0.05) is 0 Å². The van der Waals surface area contributed by atoms with Crippen LogP contribution in [0.4, 0.5) is 8.78 Å². The van der Waals surface area contributed by atoms with Gasteiger partial charge in [-0.15, -0.1) is 0 Å². The van der Waals surface area contributed by atoms with Crippen molar-refractivity contribution in [2.45, 2.75) is 57.2 Å². The fourth-order valence-corrected chi connectivity index (χ4v) is 1.73. The Hall–Kier alpha value is -0.220. The van der Waals surface area contributed by atoms with Crippen molar-refractivity contribution in [3.8, 4) is 0 Å². The molecule has 1 rings (SSSR count). The van der Waals surface area contributed by atoms with E-state index in [0.717, 1.165) is 25.7 Å². The van der Waals surface area contributed by atoms with E-state index in [1.165, 1.54) is 6.92 Å². The zero-order valence-electron chi connectivity index (χ0n) is 7.97. The van der Waals surface area contributed by atoms with Crippen LogP contribution in [0.5, 0.6) is 0 Å². The molecule has 0 bridgehead atoms. The minimum atomic E-state index is -2.27. The second kappa shape index (κ2) is 4.86. The molecule has 1 atom stereocenters. The Kier molecular flexibility index (Phi) is 4.06. The number of hydrogen-bond donors (Lipinski definition) is 2. The van der Waals surface area contributed by atoms with E-state index >= 15 is 0 Å². The molecule has 1 fully saturated rings. The molecule has 2 nitrogen and oxygen atoms in total. The maximum atomic E-state index is 12.2. The number of alkyl halides is 2. The van der Waals surface area contributed by atoms with Gasteiger partial charge in [-0.2, -0.15) is 0 Å². The Balaban J connectivity index is 2.22. The molecule has 1 aliphatic rings. The quantitative estimate of drug-likeness (QED) is 0.711. The highest BCUT2D eigenvalue weighted by molar-refractivity contribution is 4.81. The lowest BCUT2D eigenvalue weighted by atomic mass is 9.91. The summed E-state index contributed by atoms with van der Waals surface area (Å²) < 4.78 is 24.3. The van der Waals surface area contributed by atoms with Gasteiger partial charge in [-0.25, -0.2) is 8.78 Å². The Bertz CT molecular complexity index is 145. The molecular weight excluding hydrogens is 174 g/mol. The average Bonchev–Trinajstić information content (AvgIpc) is 2.08. The van der Waals surface area contributed by atoms with Crippen molar-refractivity contribution < 1.29 is 8.78 Å². The number of rotatable bonds is 3. The lowest BCUT2D eigenvalue weighted by molar-refractivity contribution is 0.0957. The van der Waals surface area contributed by atoms with Crippen LogP contribution in [-0.4, -0.2) is 24.6 Å². The highest BCUT2D eigenvalue weighted by atomic mass is 19.3. The Morgan fingerprint density at radius 1 is 1.23 bits per heavy atom. The molecular formula is C9H18F2N2. The summed E-state index contributed by atoms with van der Waals surface area (Å²) in [5, 5.41) is 2.93. The minimum Gasteiger partial charge on any atom is -0.328 e. The van der Waals surface area contributed by atoms with Gasteiger partial charge in [-0.3, -0.25) is 0 Å². The van der Waals surface area contributed by atoms with Crippen LogP contribution in [0.15, 0.2) is 0 Å². The third-order valence-corrected chi connectivity index (χ3v) is 2.65. The van der Waals surface area contributed by atoms with Gasteiger partial charge in [0.2, 0.25) is 0 Å². The molecule has 0 saturated heterocycles. The van der Waals surface area contributed by atoms with Crippen molar-refractivity contribution in [2.75, 3.05) is 0 Å². The lowest BCUT2D eigenvalue weighted by Gasteiger charge is -2.29. The maximum Gasteiger partial charge on any atom is 0.253 e. The van der Waals surface area contributed by atoms with Gasteiger partial charge in [0.1, 0.15) is 0 Å². The molecule has 1 aliphatic carbocycles. The second-order valence-electron chi connectivity index (χ2n) is 3.90. The highest BCUT2D eigenvalue weighted by Crippen LogP contribution is 2.18. The van der Waals surface area contributed by atoms with E-state index in [4.69, 9.17) is 5.73 Å². The number of nitrogens with one attached hydrogen (secondary N) is 1. The number of halogens is 2. The summed E-state index contributed by atoms with van der Waals surface area (Å²) in [7, 11) is 0. The number of nitrogens with two attached hydrogens (primary N) is 1. The SMILES string of the molecule is CC(N[C@H]1CC[C@H](N)CC1)C(F)F. The maximum absolute atomic E-state index is 12.2. The van der Waals surface area contributed by atoms with Crippen molar-refractivity contribution in [2.24, 2.45) is 5.73 Å². The van der Waals surface area contributed by atoms with Crippen LogP contribution in [0.1, 0.15) is 32.6 Å². The molecule has 0 radical (unpaired) electrons. The van der Waals surface area contributed by atoms with Crippen LogP contribution in [0.3, 0.4) is 0 Å². The third kappa shape index (κ3) is 3.56. The first-order chi connectivity index (χ1) is 6.09. The van der Waals surface area contributed by atoms with E-state index < -0.39 is 12.5 Å². The fraction of sp³-hybridized carbons (Fsp3) is 1.00. The van der Waals surface area contributed by atoms with Gasteiger partial charge in [0, 0.05) is 12.1 Å². The summed E-state index contributed by atoms with van der Waals surface area (Å²) in [5.41, 5.74) is 5.71. The smallest absolute Gasteiger partial charge is 0.253 e. The first-order valence-corrected chi connectivity index (χ1v) is 4.89. The molecule has 3 N–H and O–H groups in total. The summed E-state index contributed by atoms with van der Waals surface area (Å²) >= 11 is 0. The largest absolute Gasteiger partial charge is 0.328 e. The fourth-order valence-electron chi connectivity index (χ4n) is 1.73. The second-order valence-corrected chi connectivity index (χ2v) is 3.90. The topological polar surface area (TPSA) is 38.0 Å². The first kappa shape index (κ1) is 10.9. The summed E-state index contributed by atoms with van der Waals surface area (Å²) in [6.07, 6.45) is 1.49. The predicted octanol–water partition coefficient (Wildman–Crippen LogP) is 1.50. The van der Waals surface area contributed by atoms with Crippen molar-refractivity contribution in [1.82, 2.24) is 5.32 Å². The van der Waals surface area contributed by atoms with Crippen LogP contribution in [0.2, 0.25) is 0 Å². The number of hydrogen-bond acceptors (Lipinski definition) is 2. The minimum absolute atomic E-state index is 0.240.